The Morgan fingerprint density at radius 3 is 2.72 bits per heavy atom. The topological polar surface area (TPSA) is 45.6 Å². The van der Waals surface area contributed by atoms with Gasteiger partial charge in [-0.25, -0.2) is 4.79 Å². The number of aromatic nitrogens is 1. The van der Waals surface area contributed by atoms with Gasteiger partial charge < -0.3 is 9.80 Å². The average Bonchev–Trinajstić information content (AvgIpc) is 2.94. The second kappa shape index (κ2) is 4.94. The highest BCUT2D eigenvalue weighted by Gasteiger charge is 2.29. The highest BCUT2D eigenvalue weighted by Crippen LogP contribution is 2.16. The number of rotatable bonds is 2. The van der Waals surface area contributed by atoms with Crippen LogP contribution in [0.15, 0.2) is 12.1 Å². The summed E-state index contributed by atoms with van der Waals surface area (Å²) in [4.78, 5) is 27.3. The Morgan fingerprint density at radius 1 is 1.44 bits per heavy atom. The van der Waals surface area contributed by atoms with Crippen molar-refractivity contribution in [1.29, 1.82) is 0 Å². The molecule has 0 unspecified atom stereocenters. The second-order valence-corrected chi connectivity index (χ2v) is 4.99. The Morgan fingerprint density at radius 2 is 2.17 bits per heavy atom. The zero-order valence-corrected chi connectivity index (χ0v) is 11.1. The Labute approximate surface area is 107 Å². The number of likely N-dealkylation sites (N-methyl/N-ethyl adjacent to an activating group) is 1. The fraction of sp³-hybridized carbons (Fsp3) is 0.538. The molecule has 0 aromatic carbocycles. The van der Waals surface area contributed by atoms with Gasteiger partial charge in [0.05, 0.1) is 5.69 Å². The summed E-state index contributed by atoms with van der Waals surface area (Å²) in [6.07, 6.45) is 1.71. The normalized spacial score (nSPS) is 19.6. The largest absolute Gasteiger partial charge is 0.328 e. The van der Waals surface area contributed by atoms with Gasteiger partial charge in [0, 0.05) is 24.8 Å². The van der Waals surface area contributed by atoms with Gasteiger partial charge in [-0.05, 0) is 39.6 Å². The van der Waals surface area contributed by atoms with Crippen molar-refractivity contribution in [3.8, 4) is 0 Å². The molecule has 5 nitrogen and oxygen atoms in total. The van der Waals surface area contributed by atoms with Gasteiger partial charge in [0.15, 0.2) is 6.29 Å². The molecule has 0 aliphatic carbocycles. The predicted octanol–water partition coefficient (Wildman–Crippen LogP) is 1.21. The molecule has 0 saturated carbocycles. The van der Waals surface area contributed by atoms with Crippen molar-refractivity contribution < 1.29 is 9.59 Å². The summed E-state index contributed by atoms with van der Waals surface area (Å²) < 4.78 is 1.49. The molecule has 1 atom stereocenters. The lowest BCUT2D eigenvalue weighted by Gasteiger charge is -2.21. The summed E-state index contributed by atoms with van der Waals surface area (Å²) in [5, 5.41) is 0. The van der Waals surface area contributed by atoms with Crippen molar-refractivity contribution in [1.82, 2.24) is 14.4 Å². The molecule has 5 heteroatoms. The number of carbonyl (C=O) groups is 2. The van der Waals surface area contributed by atoms with Gasteiger partial charge in [0.25, 0.3) is 0 Å². The summed E-state index contributed by atoms with van der Waals surface area (Å²) >= 11 is 0. The molecule has 0 bridgehead atoms. The van der Waals surface area contributed by atoms with E-state index < -0.39 is 0 Å². The van der Waals surface area contributed by atoms with Crippen LogP contribution in [0.5, 0.6) is 0 Å². The maximum atomic E-state index is 12.4. The molecular weight excluding hydrogens is 230 g/mol. The van der Waals surface area contributed by atoms with E-state index >= 15 is 0 Å². The van der Waals surface area contributed by atoms with Crippen molar-refractivity contribution in [3.63, 3.8) is 0 Å². The van der Waals surface area contributed by atoms with Crippen LogP contribution >= 0.6 is 0 Å². The van der Waals surface area contributed by atoms with Gasteiger partial charge in [-0.2, -0.15) is 0 Å². The number of hydrogen-bond donors (Lipinski definition) is 0. The molecule has 0 N–H and O–H groups in total. The van der Waals surface area contributed by atoms with Crippen molar-refractivity contribution in [2.45, 2.75) is 19.4 Å². The van der Waals surface area contributed by atoms with E-state index in [4.69, 9.17) is 0 Å². The number of nitrogens with zero attached hydrogens (tertiary/aromatic N) is 3. The third-order valence-electron chi connectivity index (χ3n) is 3.58. The SMILES string of the molecule is Cc1ccc(C=O)n1C(=O)N1CC[C@@H](N(C)C)C1. The smallest absolute Gasteiger partial charge is 0.322 e. The van der Waals surface area contributed by atoms with Crippen LogP contribution in [-0.4, -0.2) is 59.9 Å². The van der Waals surface area contributed by atoms with Crippen LogP contribution in [0.4, 0.5) is 4.79 Å². The Kier molecular flexibility index (Phi) is 3.52. The lowest BCUT2D eigenvalue weighted by Crippen LogP contribution is -2.37. The minimum absolute atomic E-state index is 0.0936. The van der Waals surface area contributed by atoms with Crippen LogP contribution in [0.3, 0.4) is 0 Å². The van der Waals surface area contributed by atoms with E-state index in [0.29, 0.717) is 11.7 Å². The van der Waals surface area contributed by atoms with Crippen molar-refractivity contribution in [2.24, 2.45) is 0 Å². The van der Waals surface area contributed by atoms with Crippen molar-refractivity contribution >= 4 is 12.3 Å². The van der Waals surface area contributed by atoms with Crippen LogP contribution in [-0.2, 0) is 0 Å². The molecule has 1 aliphatic heterocycles. The number of aldehydes is 1. The molecule has 2 rings (SSSR count). The van der Waals surface area contributed by atoms with Gasteiger partial charge in [0.1, 0.15) is 0 Å². The second-order valence-electron chi connectivity index (χ2n) is 4.99. The van der Waals surface area contributed by atoms with Gasteiger partial charge in [-0.1, -0.05) is 0 Å². The van der Waals surface area contributed by atoms with Crippen LogP contribution in [0.1, 0.15) is 22.6 Å². The molecule has 2 heterocycles. The van der Waals surface area contributed by atoms with Crippen LogP contribution < -0.4 is 0 Å². The minimum atomic E-state index is -0.0936. The van der Waals surface area contributed by atoms with E-state index in [1.807, 2.05) is 25.9 Å². The van der Waals surface area contributed by atoms with E-state index in [9.17, 15) is 9.59 Å². The Balaban J connectivity index is 2.17. The van der Waals surface area contributed by atoms with Crippen LogP contribution in [0.2, 0.25) is 0 Å². The molecule has 1 amide bonds. The van der Waals surface area contributed by atoms with E-state index in [-0.39, 0.29) is 6.03 Å². The summed E-state index contributed by atoms with van der Waals surface area (Å²) in [5.41, 5.74) is 1.22. The molecule has 1 fully saturated rings. The number of aryl methyl sites for hydroxylation is 1. The lowest BCUT2D eigenvalue weighted by atomic mass is 10.2. The summed E-state index contributed by atoms with van der Waals surface area (Å²) in [6, 6.07) is 3.79. The quantitative estimate of drug-likeness (QED) is 0.740. The molecule has 98 valence electrons. The zero-order valence-electron chi connectivity index (χ0n) is 11.1. The third kappa shape index (κ3) is 2.18. The molecule has 0 spiro atoms. The van der Waals surface area contributed by atoms with Crippen LogP contribution in [0, 0.1) is 6.92 Å². The molecule has 1 saturated heterocycles. The number of hydrogen-bond acceptors (Lipinski definition) is 3. The van der Waals surface area contributed by atoms with Gasteiger partial charge >= 0.3 is 6.03 Å². The fourth-order valence-corrected chi connectivity index (χ4v) is 2.39. The number of carbonyl (C=O) groups excluding carboxylic acids is 2. The molecule has 1 aromatic rings. The maximum absolute atomic E-state index is 12.4. The van der Waals surface area contributed by atoms with E-state index in [1.165, 1.54) is 4.57 Å². The summed E-state index contributed by atoms with van der Waals surface area (Å²) in [7, 11) is 4.05. The molecule has 1 aliphatic rings. The Bertz CT molecular complexity index is 465. The van der Waals surface area contributed by atoms with Gasteiger partial charge in [-0.3, -0.25) is 9.36 Å². The maximum Gasteiger partial charge on any atom is 0.328 e. The van der Waals surface area contributed by atoms with E-state index in [2.05, 4.69) is 4.90 Å². The van der Waals surface area contributed by atoms with E-state index in [0.717, 1.165) is 31.5 Å². The monoisotopic (exact) mass is 249 g/mol. The summed E-state index contributed by atoms with van der Waals surface area (Å²) in [6.45, 7) is 3.31. The first kappa shape index (κ1) is 12.8. The predicted molar refractivity (Wildman–Crippen MR) is 69.0 cm³/mol. The first-order chi connectivity index (χ1) is 8.54. The first-order valence-corrected chi connectivity index (χ1v) is 6.14. The zero-order chi connectivity index (χ0) is 13.3. The standard InChI is InChI=1S/C13H19N3O2/c1-10-4-5-12(9-17)16(10)13(18)15-7-6-11(8-15)14(2)3/h4-5,9,11H,6-8H2,1-3H3/t11-/m1/s1. The van der Waals surface area contributed by atoms with Crippen molar-refractivity contribution in [3.05, 3.63) is 23.5 Å². The molecule has 18 heavy (non-hydrogen) atoms. The highest BCUT2D eigenvalue weighted by atomic mass is 16.2. The molecule has 1 aromatic heterocycles. The third-order valence-corrected chi connectivity index (χ3v) is 3.58. The average molecular weight is 249 g/mol. The lowest BCUT2D eigenvalue weighted by molar-refractivity contribution is 0.111. The fourth-order valence-electron chi connectivity index (χ4n) is 2.39. The number of amides is 1. The molecular formula is C13H19N3O2. The van der Waals surface area contributed by atoms with Crippen molar-refractivity contribution in [2.75, 3.05) is 27.2 Å². The highest BCUT2D eigenvalue weighted by molar-refractivity contribution is 5.86. The van der Waals surface area contributed by atoms with Crippen LogP contribution in [0.25, 0.3) is 0 Å². The number of likely N-dealkylation sites (tertiary alicyclic amines) is 1. The summed E-state index contributed by atoms with van der Waals surface area (Å²) in [5.74, 6) is 0. The van der Waals surface area contributed by atoms with Gasteiger partial charge in [-0.15, -0.1) is 0 Å². The molecule has 0 radical (unpaired) electrons. The first-order valence-electron chi connectivity index (χ1n) is 6.14. The minimum Gasteiger partial charge on any atom is -0.322 e. The van der Waals surface area contributed by atoms with E-state index in [1.54, 1.807) is 12.1 Å². The van der Waals surface area contributed by atoms with Gasteiger partial charge in [0.2, 0.25) is 0 Å². The Hall–Kier alpha value is -1.62.